The number of hydrogen-bond donors (Lipinski definition) is 1. The summed E-state index contributed by atoms with van der Waals surface area (Å²) in [5, 5.41) is 3.40. The molecular formula is C19H22FN5O. The van der Waals surface area contributed by atoms with Gasteiger partial charge in [-0.3, -0.25) is 9.88 Å². The van der Waals surface area contributed by atoms with Crippen molar-refractivity contribution in [3.8, 4) is 11.3 Å². The Kier molecular flexibility index (Phi) is 4.81. The minimum Gasteiger partial charge on any atom is -0.379 e. The fraction of sp³-hybridized carbons (Fsp3) is 0.368. The molecule has 1 saturated heterocycles. The molecule has 7 heteroatoms. The predicted molar refractivity (Wildman–Crippen MR) is 99.7 cm³/mol. The third kappa shape index (κ3) is 3.54. The molecule has 1 fully saturated rings. The van der Waals surface area contributed by atoms with Crippen molar-refractivity contribution in [2.75, 3.05) is 44.7 Å². The first-order valence-corrected chi connectivity index (χ1v) is 8.83. The number of benzene rings is 1. The van der Waals surface area contributed by atoms with Gasteiger partial charge in [-0.1, -0.05) is 12.1 Å². The maximum atomic E-state index is 13.5. The summed E-state index contributed by atoms with van der Waals surface area (Å²) in [4.78, 5) is 11.4. The standard InChI is InChI=1S/C19H22FN5O/c1-24-18-12-16(14-3-2-4-15(20)11-14)22-13-17(18)23-19(24)21-5-6-25-7-9-26-10-8-25/h2-4,11-13H,5-10H2,1H3,(H,21,23). The second-order valence-corrected chi connectivity index (χ2v) is 6.44. The molecule has 1 aliphatic heterocycles. The van der Waals surface area contributed by atoms with E-state index in [2.05, 4.69) is 20.2 Å². The Morgan fingerprint density at radius 1 is 1.23 bits per heavy atom. The van der Waals surface area contributed by atoms with Crippen molar-refractivity contribution >= 4 is 17.0 Å². The first kappa shape index (κ1) is 16.9. The van der Waals surface area contributed by atoms with Gasteiger partial charge in [0.1, 0.15) is 11.3 Å². The van der Waals surface area contributed by atoms with Gasteiger partial charge in [-0.15, -0.1) is 0 Å². The largest absolute Gasteiger partial charge is 0.379 e. The smallest absolute Gasteiger partial charge is 0.203 e. The van der Waals surface area contributed by atoms with Crippen LogP contribution in [0.1, 0.15) is 0 Å². The summed E-state index contributed by atoms with van der Waals surface area (Å²) in [6.45, 7) is 5.35. The molecule has 3 aromatic rings. The molecular weight excluding hydrogens is 333 g/mol. The van der Waals surface area contributed by atoms with Gasteiger partial charge in [0.25, 0.3) is 0 Å². The average Bonchev–Trinajstić information content (AvgIpc) is 2.98. The highest BCUT2D eigenvalue weighted by molar-refractivity contribution is 5.81. The van der Waals surface area contributed by atoms with Gasteiger partial charge >= 0.3 is 0 Å². The Balaban J connectivity index is 1.51. The van der Waals surface area contributed by atoms with E-state index in [9.17, 15) is 4.39 Å². The van der Waals surface area contributed by atoms with Crippen LogP contribution in [0.25, 0.3) is 22.3 Å². The Morgan fingerprint density at radius 2 is 2.08 bits per heavy atom. The van der Waals surface area contributed by atoms with E-state index in [1.165, 1.54) is 12.1 Å². The highest BCUT2D eigenvalue weighted by Gasteiger charge is 2.12. The molecule has 0 unspecified atom stereocenters. The highest BCUT2D eigenvalue weighted by Crippen LogP contribution is 2.24. The van der Waals surface area contributed by atoms with E-state index >= 15 is 0 Å². The fourth-order valence-corrected chi connectivity index (χ4v) is 3.21. The van der Waals surface area contributed by atoms with Gasteiger partial charge in [0.2, 0.25) is 5.95 Å². The van der Waals surface area contributed by atoms with E-state index in [-0.39, 0.29) is 5.82 Å². The molecule has 6 nitrogen and oxygen atoms in total. The third-order valence-electron chi connectivity index (χ3n) is 4.70. The van der Waals surface area contributed by atoms with Crippen molar-refractivity contribution in [3.63, 3.8) is 0 Å². The van der Waals surface area contributed by atoms with E-state index in [1.54, 1.807) is 12.3 Å². The van der Waals surface area contributed by atoms with Gasteiger partial charge in [-0.2, -0.15) is 0 Å². The van der Waals surface area contributed by atoms with E-state index in [4.69, 9.17) is 4.74 Å². The molecule has 0 radical (unpaired) electrons. The Hall–Kier alpha value is -2.51. The number of nitrogens with one attached hydrogen (secondary N) is 1. The van der Waals surface area contributed by atoms with E-state index in [0.29, 0.717) is 0 Å². The molecule has 0 amide bonds. The molecule has 0 saturated carbocycles. The van der Waals surface area contributed by atoms with Crippen molar-refractivity contribution < 1.29 is 9.13 Å². The number of pyridine rings is 1. The number of anilines is 1. The molecule has 0 bridgehead atoms. The first-order chi connectivity index (χ1) is 12.7. The van der Waals surface area contributed by atoms with Crippen LogP contribution in [0.3, 0.4) is 0 Å². The van der Waals surface area contributed by atoms with Crippen molar-refractivity contribution in [1.82, 2.24) is 19.4 Å². The minimum atomic E-state index is -0.264. The van der Waals surface area contributed by atoms with Crippen LogP contribution in [0.5, 0.6) is 0 Å². The normalized spacial score (nSPS) is 15.5. The Bertz CT molecular complexity index is 904. The summed E-state index contributed by atoms with van der Waals surface area (Å²) in [5.41, 5.74) is 3.28. The summed E-state index contributed by atoms with van der Waals surface area (Å²) >= 11 is 0. The third-order valence-corrected chi connectivity index (χ3v) is 4.70. The number of fused-ring (bicyclic) bond motifs is 1. The average molecular weight is 355 g/mol. The number of rotatable bonds is 5. The number of ether oxygens (including phenoxy) is 1. The summed E-state index contributed by atoms with van der Waals surface area (Å²) in [6, 6.07) is 8.42. The molecule has 0 spiro atoms. The van der Waals surface area contributed by atoms with Crippen LogP contribution in [-0.2, 0) is 11.8 Å². The molecule has 1 aliphatic rings. The second kappa shape index (κ2) is 7.39. The summed E-state index contributed by atoms with van der Waals surface area (Å²) in [6.07, 6.45) is 1.74. The van der Waals surface area contributed by atoms with Crippen molar-refractivity contribution in [2.45, 2.75) is 0 Å². The maximum Gasteiger partial charge on any atom is 0.203 e. The molecule has 2 aromatic heterocycles. The maximum absolute atomic E-state index is 13.5. The molecule has 136 valence electrons. The van der Waals surface area contributed by atoms with Crippen LogP contribution in [0, 0.1) is 5.82 Å². The fourth-order valence-electron chi connectivity index (χ4n) is 3.21. The lowest BCUT2D eigenvalue weighted by Crippen LogP contribution is -2.39. The zero-order chi connectivity index (χ0) is 17.9. The molecule has 1 aromatic carbocycles. The van der Waals surface area contributed by atoms with E-state index < -0.39 is 0 Å². The van der Waals surface area contributed by atoms with E-state index in [0.717, 1.165) is 67.6 Å². The number of aromatic nitrogens is 3. The van der Waals surface area contributed by atoms with Gasteiger partial charge in [0.05, 0.1) is 30.6 Å². The number of imidazole rings is 1. The lowest BCUT2D eigenvalue weighted by atomic mass is 10.1. The SMILES string of the molecule is Cn1c(NCCN2CCOCC2)nc2cnc(-c3cccc(F)c3)cc21. The summed E-state index contributed by atoms with van der Waals surface area (Å²) in [5.74, 6) is 0.548. The van der Waals surface area contributed by atoms with Gasteiger partial charge in [-0.05, 0) is 18.2 Å². The molecule has 4 rings (SSSR count). The van der Waals surface area contributed by atoms with Gasteiger partial charge in [0, 0.05) is 38.8 Å². The lowest BCUT2D eigenvalue weighted by molar-refractivity contribution is 0.0398. The van der Waals surface area contributed by atoms with Crippen LogP contribution in [0.4, 0.5) is 10.3 Å². The van der Waals surface area contributed by atoms with Crippen molar-refractivity contribution in [1.29, 1.82) is 0 Å². The Labute approximate surface area is 151 Å². The predicted octanol–water partition coefficient (Wildman–Crippen LogP) is 2.52. The van der Waals surface area contributed by atoms with E-state index in [1.807, 2.05) is 23.7 Å². The number of morpholine rings is 1. The van der Waals surface area contributed by atoms with Crippen LogP contribution >= 0.6 is 0 Å². The molecule has 26 heavy (non-hydrogen) atoms. The highest BCUT2D eigenvalue weighted by atomic mass is 19.1. The number of halogens is 1. The van der Waals surface area contributed by atoms with Crippen LogP contribution < -0.4 is 5.32 Å². The lowest BCUT2D eigenvalue weighted by Gasteiger charge is -2.26. The number of nitrogens with zero attached hydrogens (tertiary/aromatic N) is 4. The van der Waals surface area contributed by atoms with Gasteiger partial charge in [0.15, 0.2) is 0 Å². The first-order valence-electron chi connectivity index (χ1n) is 8.83. The number of hydrogen-bond acceptors (Lipinski definition) is 5. The molecule has 1 N–H and O–H groups in total. The van der Waals surface area contributed by atoms with Gasteiger partial charge < -0.3 is 14.6 Å². The van der Waals surface area contributed by atoms with Crippen LogP contribution in [0.15, 0.2) is 36.5 Å². The zero-order valence-corrected chi connectivity index (χ0v) is 14.8. The molecule has 0 atom stereocenters. The molecule has 3 heterocycles. The topological polar surface area (TPSA) is 55.2 Å². The molecule has 0 aliphatic carbocycles. The van der Waals surface area contributed by atoms with Gasteiger partial charge in [-0.25, -0.2) is 9.37 Å². The minimum absolute atomic E-state index is 0.264. The summed E-state index contributed by atoms with van der Waals surface area (Å²) in [7, 11) is 1.97. The zero-order valence-electron chi connectivity index (χ0n) is 14.8. The van der Waals surface area contributed by atoms with Crippen molar-refractivity contribution in [3.05, 3.63) is 42.3 Å². The number of aryl methyl sites for hydroxylation is 1. The van der Waals surface area contributed by atoms with Crippen LogP contribution in [-0.4, -0.2) is 58.8 Å². The monoisotopic (exact) mass is 355 g/mol. The van der Waals surface area contributed by atoms with Crippen molar-refractivity contribution in [2.24, 2.45) is 7.05 Å². The second-order valence-electron chi connectivity index (χ2n) is 6.44. The Morgan fingerprint density at radius 3 is 2.88 bits per heavy atom. The quantitative estimate of drug-likeness (QED) is 0.762. The summed E-state index contributed by atoms with van der Waals surface area (Å²) < 4.78 is 20.9. The van der Waals surface area contributed by atoms with Crippen LogP contribution in [0.2, 0.25) is 0 Å².